The van der Waals surface area contributed by atoms with Crippen molar-refractivity contribution in [3.8, 4) is 5.75 Å². The number of benzene rings is 2. The monoisotopic (exact) mass is 500 g/mol. The second-order valence-corrected chi connectivity index (χ2v) is 10.1. The standard InChI is InChI=1S/C27H24N4O4S/c1-27-23-20(21-14-18(35-2)9-10-22(21)29-23)11-12-30(27)26(34)31(25(27)33)17-7-5-16(6-8-17)24(32)28-15-19-4-3-13-36-19/h3-10,13-14,29H,11-12,15H2,1-2H3,(H,28,32)/t27-/m0/s1. The van der Waals surface area contributed by atoms with Crippen LogP contribution in [0.4, 0.5) is 10.5 Å². The van der Waals surface area contributed by atoms with Crippen molar-refractivity contribution in [1.82, 2.24) is 15.2 Å². The van der Waals surface area contributed by atoms with Crippen LogP contribution in [0.5, 0.6) is 5.75 Å². The number of anilines is 1. The Kier molecular flexibility index (Phi) is 5.11. The number of hydrogen-bond donors (Lipinski definition) is 2. The van der Waals surface area contributed by atoms with Gasteiger partial charge in [0.1, 0.15) is 5.75 Å². The fourth-order valence-electron chi connectivity index (χ4n) is 5.22. The fourth-order valence-corrected chi connectivity index (χ4v) is 5.86. The van der Waals surface area contributed by atoms with Gasteiger partial charge < -0.3 is 19.9 Å². The second kappa shape index (κ2) is 8.23. The Bertz CT molecular complexity index is 1510. The third kappa shape index (κ3) is 3.23. The number of ether oxygens (including phenoxy) is 1. The summed E-state index contributed by atoms with van der Waals surface area (Å²) in [6.45, 7) is 2.68. The molecule has 36 heavy (non-hydrogen) atoms. The highest BCUT2D eigenvalue weighted by Crippen LogP contribution is 2.45. The molecule has 2 N–H and O–H groups in total. The fraction of sp³-hybridized carbons (Fsp3) is 0.222. The number of nitrogens with zero attached hydrogens (tertiary/aromatic N) is 2. The topological polar surface area (TPSA) is 94.7 Å². The first-order valence-corrected chi connectivity index (χ1v) is 12.6. The normalized spacial score (nSPS) is 18.9. The minimum atomic E-state index is -1.15. The van der Waals surface area contributed by atoms with Gasteiger partial charge in [0.05, 0.1) is 25.0 Å². The zero-order valence-corrected chi connectivity index (χ0v) is 20.6. The molecule has 2 aliphatic rings. The van der Waals surface area contributed by atoms with Gasteiger partial charge in [0, 0.05) is 27.9 Å². The zero-order valence-electron chi connectivity index (χ0n) is 19.8. The maximum atomic E-state index is 13.8. The molecule has 8 nitrogen and oxygen atoms in total. The number of imide groups is 1. The lowest BCUT2D eigenvalue weighted by Crippen LogP contribution is -2.49. The number of aromatic nitrogens is 1. The first-order valence-electron chi connectivity index (χ1n) is 11.7. The van der Waals surface area contributed by atoms with Gasteiger partial charge in [-0.1, -0.05) is 6.07 Å². The summed E-state index contributed by atoms with van der Waals surface area (Å²) < 4.78 is 5.39. The molecule has 4 aromatic rings. The SMILES string of the molecule is COc1ccc2[nH]c3c(c2c1)CCN1C(=O)N(c2ccc(C(=O)NCc4cccs4)cc2)C(=O)[C@]31C. The highest BCUT2D eigenvalue weighted by molar-refractivity contribution is 7.09. The van der Waals surface area contributed by atoms with E-state index in [1.54, 1.807) is 54.5 Å². The molecule has 0 spiro atoms. The highest BCUT2D eigenvalue weighted by atomic mass is 32.1. The van der Waals surface area contributed by atoms with E-state index in [0.29, 0.717) is 30.8 Å². The quantitative estimate of drug-likeness (QED) is 0.397. The molecule has 182 valence electrons. The van der Waals surface area contributed by atoms with Crippen LogP contribution in [0.1, 0.15) is 33.4 Å². The summed E-state index contributed by atoms with van der Waals surface area (Å²) in [7, 11) is 1.62. The summed E-state index contributed by atoms with van der Waals surface area (Å²) in [5.74, 6) is 0.213. The van der Waals surface area contributed by atoms with Gasteiger partial charge in [-0.25, -0.2) is 9.69 Å². The van der Waals surface area contributed by atoms with Gasteiger partial charge in [0.25, 0.3) is 11.8 Å². The molecule has 0 saturated carbocycles. The number of aromatic amines is 1. The number of amides is 4. The molecule has 0 unspecified atom stereocenters. The van der Waals surface area contributed by atoms with Crippen molar-refractivity contribution >= 4 is 45.8 Å². The van der Waals surface area contributed by atoms with Gasteiger partial charge in [-0.05, 0) is 72.8 Å². The zero-order chi connectivity index (χ0) is 25.0. The summed E-state index contributed by atoms with van der Waals surface area (Å²) in [6, 6.07) is 15.9. The van der Waals surface area contributed by atoms with Crippen LogP contribution in [0.15, 0.2) is 60.0 Å². The average molecular weight is 501 g/mol. The molecule has 4 amide bonds. The Morgan fingerprint density at radius 3 is 2.69 bits per heavy atom. The van der Waals surface area contributed by atoms with E-state index in [4.69, 9.17) is 4.74 Å². The van der Waals surface area contributed by atoms with Gasteiger partial charge in [-0.15, -0.1) is 11.3 Å². The van der Waals surface area contributed by atoms with Gasteiger partial charge in [0.2, 0.25) is 0 Å². The number of fused-ring (bicyclic) bond motifs is 5. The highest BCUT2D eigenvalue weighted by Gasteiger charge is 2.59. The summed E-state index contributed by atoms with van der Waals surface area (Å²) in [6.07, 6.45) is 0.633. The second-order valence-electron chi connectivity index (χ2n) is 9.10. The minimum Gasteiger partial charge on any atom is -0.497 e. The van der Waals surface area contributed by atoms with E-state index in [0.717, 1.165) is 32.8 Å². The van der Waals surface area contributed by atoms with E-state index in [1.807, 2.05) is 35.7 Å². The van der Waals surface area contributed by atoms with E-state index < -0.39 is 5.54 Å². The largest absolute Gasteiger partial charge is 0.497 e. The molecule has 2 aromatic heterocycles. The Hall–Kier alpha value is -4.11. The molecule has 2 aliphatic heterocycles. The van der Waals surface area contributed by atoms with Crippen molar-refractivity contribution in [2.45, 2.75) is 25.4 Å². The van der Waals surface area contributed by atoms with Crippen LogP contribution in [0, 0.1) is 0 Å². The number of thiophene rings is 1. The molecule has 1 fully saturated rings. The molecule has 1 saturated heterocycles. The predicted octanol–water partition coefficient (Wildman–Crippen LogP) is 4.41. The van der Waals surface area contributed by atoms with Gasteiger partial charge >= 0.3 is 6.03 Å². The Balaban J connectivity index is 1.29. The van der Waals surface area contributed by atoms with Crippen molar-refractivity contribution in [2.24, 2.45) is 0 Å². The maximum Gasteiger partial charge on any atom is 0.332 e. The van der Waals surface area contributed by atoms with Crippen LogP contribution in [0.3, 0.4) is 0 Å². The van der Waals surface area contributed by atoms with Crippen molar-refractivity contribution in [1.29, 1.82) is 0 Å². The van der Waals surface area contributed by atoms with Crippen LogP contribution in [-0.4, -0.2) is 41.4 Å². The molecule has 9 heteroatoms. The number of methoxy groups -OCH3 is 1. The number of H-pyrrole nitrogens is 1. The lowest BCUT2D eigenvalue weighted by atomic mass is 9.87. The van der Waals surface area contributed by atoms with E-state index >= 15 is 0 Å². The van der Waals surface area contributed by atoms with Crippen molar-refractivity contribution < 1.29 is 19.1 Å². The smallest absolute Gasteiger partial charge is 0.332 e. The Morgan fingerprint density at radius 2 is 1.97 bits per heavy atom. The van der Waals surface area contributed by atoms with Crippen molar-refractivity contribution in [3.63, 3.8) is 0 Å². The van der Waals surface area contributed by atoms with Crippen LogP contribution in [0.25, 0.3) is 10.9 Å². The molecular weight excluding hydrogens is 476 g/mol. The van der Waals surface area contributed by atoms with Crippen LogP contribution in [-0.2, 0) is 23.3 Å². The summed E-state index contributed by atoms with van der Waals surface area (Å²) >= 11 is 1.58. The Morgan fingerprint density at radius 1 is 1.17 bits per heavy atom. The maximum absolute atomic E-state index is 13.8. The van der Waals surface area contributed by atoms with Crippen LogP contribution in [0.2, 0.25) is 0 Å². The molecule has 0 bridgehead atoms. The molecule has 1 atom stereocenters. The summed E-state index contributed by atoms with van der Waals surface area (Å²) in [4.78, 5) is 47.1. The number of hydrogen-bond acceptors (Lipinski definition) is 5. The summed E-state index contributed by atoms with van der Waals surface area (Å²) in [5.41, 5.74) is 2.43. The van der Waals surface area contributed by atoms with Crippen molar-refractivity contribution in [3.05, 3.63) is 81.7 Å². The van der Waals surface area contributed by atoms with Gasteiger partial charge in [0.15, 0.2) is 5.54 Å². The number of nitrogens with one attached hydrogen (secondary N) is 2. The first kappa shape index (κ1) is 22.4. The molecule has 6 rings (SSSR count). The van der Waals surface area contributed by atoms with Crippen LogP contribution < -0.4 is 15.0 Å². The molecular formula is C27H24N4O4S. The molecule has 2 aromatic carbocycles. The van der Waals surface area contributed by atoms with Crippen LogP contribution >= 0.6 is 11.3 Å². The number of carbonyl (C=O) groups excluding carboxylic acids is 3. The van der Waals surface area contributed by atoms with E-state index in [1.165, 1.54) is 4.90 Å². The minimum absolute atomic E-state index is 0.212. The molecule has 0 radical (unpaired) electrons. The first-order chi connectivity index (χ1) is 17.4. The van der Waals surface area contributed by atoms with E-state index in [9.17, 15) is 14.4 Å². The number of carbonyl (C=O) groups is 3. The van der Waals surface area contributed by atoms with Gasteiger partial charge in [-0.2, -0.15) is 0 Å². The van der Waals surface area contributed by atoms with E-state index in [-0.39, 0.29) is 17.8 Å². The van der Waals surface area contributed by atoms with E-state index in [2.05, 4.69) is 10.3 Å². The molecule has 4 heterocycles. The number of rotatable bonds is 5. The number of urea groups is 1. The summed E-state index contributed by atoms with van der Waals surface area (Å²) in [5, 5.41) is 5.85. The average Bonchev–Trinajstić information content (AvgIpc) is 3.59. The van der Waals surface area contributed by atoms with Crippen molar-refractivity contribution in [2.75, 3.05) is 18.6 Å². The lowest BCUT2D eigenvalue weighted by molar-refractivity contribution is -0.125. The lowest BCUT2D eigenvalue weighted by Gasteiger charge is -2.35. The molecule has 0 aliphatic carbocycles. The Labute approximate surface area is 211 Å². The predicted molar refractivity (Wildman–Crippen MR) is 137 cm³/mol. The third-order valence-electron chi connectivity index (χ3n) is 7.16. The van der Waals surface area contributed by atoms with Gasteiger partial charge in [-0.3, -0.25) is 9.59 Å². The third-order valence-corrected chi connectivity index (χ3v) is 8.03.